The van der Waals surface area contributed by atoms with Gasteiger partial charge in [-0.2, -0.15) is 18.2 Å². The molecule has 2 fully saturated rings. The van der Waals surface area contributed by atoms with Crippen molar-refractivity contribution in [2.45, 2.75) is 63.2 Å². The van der Waals surface area contributed by atoms with E-state index < -0.39 is 11.7 Å². The number of nitrogens with one attached hydrogen (secondary N) is 2. The van der Waals surface area contributed by atoms with Gasteiger partial charge >= 0.3 is 6.18 Å². The highest BCUT2D eigenvalue weighted by atomic mass is 35.5. The molecule has 4 N–H and O–H groups in total. The van der Waals surface area contributed by atoms with E-state index in [-0.39, 0.29) is 22.3 Å². The number of hydrogen-bond acceptors (Lipinski definition) is 7. The molecule has 8 nitrogen and oxygen atoms in total. The van der Waals surface area contributed by atoms with Crippen molar-refractivity contribution in [1.29, 1.82) is 0 Å². The second kappa shape index (κ2) is 10.3. The molecule has 0 amide bonds. The summed E-state index contributed by atoms with van der Waals surface area (Å²) in [7, 11) is 0. The lowest BCUT2D eigenvalue weighted by molar-refractivity contribution is -0.137. The summed E-state index contributed by atoms with van der Waals surface area (Å²) in [6.45, 7) is 4.10. The Hall–Kier alpha value is -2.63. The largest absolute Gasteiger partial charge is 0.416 e. The Morgan fingerprint density at radius 3 is 2.54 bits per heavy atom. The van der Waals surface area contributed by atoms with Gasteiger partial charge in [0.1, 0.15) is 5.52 Å². The third-order valence-electron chi connectivity index (χ3n) is 7.44. The van der Waals surface area contributed by atoms with Crippen molar-refractivity contribution < 1.29 is 17.9 Å². The van der Waals surface area contributed by atoms with Crippen molar-refractivity contribution in [3.8, 4) is 0 Å². The molecule has 0 atom stereocenters. The van der Waals surface area contributed by atoms with E-state index in [1.807, 2.05) is 4.57 Å². The van der Waals surface area contributed by atoms with E-state index in [1.165, 1.54) is 6.07 Å². The molecule has 12 heteroatoms. The normalized spacial score (nSPS) is 22.2. The van der Waals surface area contributed by atoms with Crippen molar-refractivity contribution >= 4 is 40.3 Å². The van der Waals surface area contributed by atoms with Gasteiger partial charge in [-0.15, -0.1) is 0 Å². The van der Waals surface area contributed by atoms with Crippen LogP contribution in [0.5, 0.6) is 0 Å². The Morgan fingerprint density at radius 1 is 1.14 bits per heavy atom. The quantitative estimate of drug-likeness (QED) is 0.359. The highest BCUT2D eigenvalue weighted by Crippen LogP contribution is 2.38. The standard InChI is InChI=1S/C25H31ClF3N7O/c1-24(6-8-37-9-7-24)35-22-31-14-20-21(34-22)36(19-4-2-15(13-30)3-5-19)23(33-20)32-18-11-16(25(27,28)29)10-17(26)12-18/h10-12,14-15,19H,2-9,13,30H2,1H3,(H,32,33)(H,31,34,35)/t15-,19+. The van der Waals surface area contributed by atoms with Crippen LogP contribution in [0.3, 0.4) is 0 Å². The lowest BCUT2D eigenvalue weighted by Gasteiger charge is -2.34. The van der Waals surface area contributed by atoms with Gasteiger partial charge in [-0.25, -0.2) is 9.97 Å². The van der Waals surface area contributed by atoms with Gasteiger partial charge < -0.3 is 21.1 Å². The fourth-order valence-corrected chi connectivity index (χ4v) is 5.43. The summed E-state index contributed by atoms with van der Waals surface area (Å²) in [5.41, 5.74) is 6.27. The molecule has 0 spiro atoms. The zero-order valence-electron chi connectivity index (χ0n) is 20.6. The maximum Gasteiger partial charge on any atom is 0.416 e. The molecule has 0 bridgehead atoms. The SMILES string of the molecule is CC1(Nc2ncc3nc(Nc4cc(Cl)cc(C(F)(F)F)c4)n([C@H]4CC[C@@H](CN)CC4)c3n2)CCOCC1. The van der Waals surface area contributed by atoms with Gasteiger partial charge in [-0.05, 0) is 76.1 Å². The van der Waals surface area contributed by atoms with Gasteiger partial charge in [-0.1, -0.05) is 11.6 Å². The van der Waals surface area contributed by atoms with E-state index in [9.17, 15) is 13.2 Å². The van der Waals surface area contributed by atoms with Crippen LogP contribution in [0.1, 0.15) is 57.1 Å². The smallest absolute Gasteiger partial charge is 0.381 e. The molecule has 1 aliphatic heterocycles. The number of imidazole rings is 1. The van der Waals surface area contributed by atoms with Crippen molar-refractivity contribution in [3.63, 3.8) is 0 Å². The molecule has 2 aliphatic rings. The summed E-state index contributed by atoms with van der Waals surface area (Å²) in [5, 5.41) is 6.53. The second-order valence-corrected chi connectivity index (χ2v) is 10.7. The molecule has 3 aromatic rings. The summed E-state index contributed by atoms with van der Waals surface area (Å²) in [6, 6.07) is 3.46. The van der Waals surface area contributed by atoms with Crippen LogP contribution in [0, 0.1) is 5.92 Å². The molecular formula is C25H31ClF3N7O. The summed E-state index contributed by atoms with van der Waals surface area (Å²) < 4.78 is 47.7. The molecule has 0 radical (unpaired) electrons. The number of benzene rings is 1. The van der Waals surface area contributed by atoms with Crippen LogP contribution in [0.25, 0.3) is 11.2 Å². The Labute approximate surface area is 218 Å². The second-order valence-electron chi connectivity index (χ2n) is 10.3. The Bertz CT molecular complexity index is 1250. The van der Waals surface area contributed by atoms with Crippen LogP contribution < -0.4 is 16.4 Å². The van der Waals surface area contributed by atoms with Crippen molar-refractivity contribution in [2.75, 3.05) is 30.4 Å². The van der Waals surface area contributed by atoms with Crippen LogP contribution in [-0.2, 0) is 10.9 Å². The number of halogens is 4. The molecule has 1 saturated heterocycles. The van der Waals surface area contributed by atoms with Gasteiger partial charge in [0.2, 0.25) is 11.9 Å². The maximum atomic E-state index is 13.4. The monoisotopic (exact) mass is 537 g/mol. The average Bonchev–Trinajstić information content (AvgIpc) is 3.20. The fourth-order valence-electron chi connectivity index (χ4n) is 5.20. The Balaban J connectivity index is 1.53. The topological polar surface area (TPSA) is 103 Å². The third kappa shape index (κ3) is 5.78. The third-order valence-corrected chi connectivity index (χ3v) is 7.66. The number of nitrogens with two attached hydrogens (primary N) is 1. The van der Waals surface area contributed by atoms with Crippen molar-refractivity contribution in [2.24, 2.45) is 11.7 Å². The van der Waals surface area contributed by atoms with Gasteiger partial charge in [0.05, 0.1) is 11.8 Å². The van der Waals surface area contributed by atoms with E-state index in [0.717, 1.165) is 50.7 Å². The predicted octanol–water partition coefficient (Wildman–Crippen LogP) is 5.91. The number of anilines is 3. The van der Waals surface area contributed by atoms with E-state index in [4.69, 9.17) is 27.1 Å². The highest BCUT2D eigenvalue weighted by molar-refractivity contribution is 6.31. The minimum Gasteiger partial charge on any atom is -0.381 e. The van der Waals surface area contributed by atoms with Gasteiger partial charge in [0, 0.05) is 35.5 Å². The summed E-state index contributed by atoms with van der Waals surface area (Å²) >= 11 is 6.03. The first-order chi connectivity index (χ1) is 17.6. The Kier molecular flexibility index (Phi) is 7.21. The number of nitrogens with zero attached hydrogens (tertiary/aromatic N) is 4. The first-order valence-corrected chi connectivity index (χ1v) is 13.0. The van der Waals surface area contributed by atoms with E-state index in [1.54, 1.807) is 6.20 Å². The van der Waals surface area contributed by atoms with Crippen molar-refractivity contribution in [1.82, 2.24) is 19.5 Å². The van der Waals surface area contributed by atoms with Crippen LogP contribution >= 0.6 is 11.6 Å². The molecule has 1 saturated carbocycles. The van der Waals surface area contributed by atoms with E-state index >= 15 is 0 Å². The number of alkyl halides is 3. The van der Waals surface area contributed by atoms with Gasteiger partial charge in [0.15, 0.2) is 5.65 Å². The highest BCUT2D eigenvalue weighted by Gasteiger charge is 2.32. The lowest BCUT2D eigenvalue weighted by atomic mass is 9.86. The molecule has 1 aliphatic carbocycles. The van der Waals surface area contributed by atoms with Crippen LogP contribution in [0.15, 0.2) is 24.4 Å². The summed E-state index contributed by atoms with van der Waals surface area (Å²) in [6.07, 6.45) is 2.46. The lowest BCUT2D eigenvalue weighted by Crippen LogP contribution is -2.41. The molecule has 1 aromatic carbocycles. The zero-order chi connectivity index (χ0) is 26.2. The number of aromatic nitrogens is 4. The number of rotatable bonds is 6. The minimum absolute atomic E-state index is 0.0144. The Morgan fingerprint density at radius 2 is 1.86 bits per heavy atom. The molecule has 3 heterocycles. The van der Waals surface area contributed by atoms with E-state index in [0.29, 0.717) is 48.7 Å². The number of hydrogen-bond donors (Lipinski definition) is 3. The van der Waals surface area contributed by atoms with Crippen molar-refractivity contribution in [3.05, 3.63) is 35.0 Å². The minimum atomic E-state index is -4.52. The van der Waals surface area contributed by atoms with Gasteiger partial charge in [0.25, 0.3) is 0 Å². The first kappa shape index (κ1) is 26.0. The number of ether oxygens (including phenoxy) is 1. The molecule has 37 heavy (non-hydrogen) atoms. The van der Waals surface area contributed by atoms with Crippen LogP contribution in [0.2, 0.25) is 5.02 Å². The summed E-state index contributed by atoms with van der Waals surface area (Å²) in [5.74, 6) is 1.36. The molecule has 200 valence electrons. The molecular weight excluding hydrogens is 507 g/mol. The predicted molar refractivity (Wildman–Crippen MR) is 137 cm³/mol. The van der Waals surface area contributed by atoms with E-state index in [2.05, 4.69) is 27.5 Å². The van der Waals surface area contributed by atoms with Crippen LogP contribution in [-0.4, -0.2) is 44.8 Å². The molecule has 5 rings (SSSR count). The van der Waals surface area contributed by atoms with Crippen LogP contribution in [0.4, 0.5) is 30.8 Å². The molecule has 0 unspecified atom stereocenters. The average molecular weight is 538 g/mol. The molecule has 2 aromatic heterocycles. The van der Waals surface area contributed by atoms with Gasteiger partial charge in [-0.3, -0.25) is 4.57 Å². The number of fused-ring (bicyclic) bond motifs is 1. The first-order valence-electron chi connectivity index (χ1n) is 12.6. The zero-order valence-corrected chi connectivity index (χ0v) is 21.4. The summed E-state index contributed by atoms with van der Waals surface area (Å²) in [4.78, 5) is 14.0. The maximum absolute atomic E-state index is 13.4. The fraction of sp³-hybridized carbons (Fsp3) is 0.560.